The number of aromatic nitrogens is 1. The van der Waals surface area contributed by atoms with Crippen LogP contribution in [0.3, 0.4) is 0 Å². The number of carbonyl (C=O) groups is 1. The van der Waals surface area contributed by atoms with Crippen LogP contribution in [0.25, 0.3) is 0 Å². The van der Waals surface area contributed by atoms with Crippen LogP contribution >= 0.6 is 0 Å². The van der Waals surface area contributed by atoms with E-state index in [1.54, 1.807) is 19.2 Å². The van der Waals surface area contributed by atoms with Gasteiger partial charge in [-0.2, -0.15) is 0 Å². The Bertz CT molecular complexity index is 1030. The van der Waals surface area contributed by atoms with Gasteiger partial charge in [0.05, 0.1) is 18.8 Å². The molecule has 4 rings (SSSR count). The van der Waals surface area contributed by atoms with Gasteiger partial charge in [-0.05, 0) is 42.7 Å². The van der Waals surface area contributed by atoms with Crippen LogP contribution in [0.15, 0.2) is 40.4 Å². The number of amides is 1. The number of oxime groups is 1. The molecule has 0 spiro atoms. The molecule has 3 heterocycles. The smallest absolute Gasteiger partial charge is 0.263 e. The van der Waals surface area contributed by atoms with Crippen molar-refractivity contribution in [3.63, 3.8) is 0 Å². The Balaban J connectivity index is 1.48. The van der Waals surface area contributed by atoms with E-state index in [9.17, 15) is 9.59 Å². The molecular formula is C21H23N3O5. The third kappa shape index (κ3) is 3.96. The maximum atomic E-state index is 13.0. The van der Waals surface area contributed by atoms with Crippen molar-refractivity contribution in [2.75, 3.05) is 13.3 Å². The van der Waals surface area contributed by atoms with Crippen molar-refractivity contribution in [3.05, 3.63) is 57.5 Å². The molecular weight excluding hydrogens is 374 g/mol. The molecule has 8 heteroatoms. The summed E-state index contributed by atoms with van der Waals surface area (Å²) >= 11 is 0. The van der Waals surface area contributed by atoms with Crippen LogP contribution in [0, 0.1) is 6.92 Å². The molecule has 1 aromatic heterocycles. The molecule has 0 aliphatic carbocycles. The van der Waals surface area contributed by atoms with Gasteiger partial charge in [-0.3, -0.25) is 9.59 Å². The number of aryl methyl sites for hydroxylation is 1. The average Bonchev–Trinajstić information content (AvgIpc) is 3.37. The summed E-state index contributed by atoms with van der Waals surface area (Å²) in [5.74, 6) is 0.946. The third-order valence-electron chi connectivity index (χ3n) is 5.08. The Morgan fingerprint density at radius 1 is 1.28 bits per heavy atom. The topological polar surface area (TPSA) is 91.2 Å². The lowest BCUT2D eigenvalue weighted by Crippen LogP contribution is -2.37. The largest absolute Gasteiger partial charge is 0.454 e. The molecule has 29 heavy (non-hydrogen) atoms. The second kappa shape index (κ2) is 7.98. The number of ether oxygens (including phenoxy) is 2. The van der Waals surface area contributed by atoms with E-state index in [0.717, 1.165) is 17.7 Å². The Morgan fingerprint density at radius 3 is 2.90 bits per heavy atom. The Hall–Kier alpha value is -3.29. The molecule has 1 atom stereocenters. The highest BCUT2D eigenvalue weighted by Crippen LogP contribution is 2.32. The highest BCUT2D eigenvalue weighted by atomic mass is 16.7. The summed E-state index contributed by atoms with van der Waals surface area (Å²) in [5, 5.41) is 6.79. The second-order valence-corrected chi connectivity index (χ2v) is 7.15. The van der Waals surface area contributed by atoms with Crippen molar-refractivity contribution >= 4 is 11.6 Å². The molecule has 2 aliphatic heterocycles. The minimum atomic E-state index is -0.402. The summed E-state index contributed by atoms with van der Waals surface area (Å²) in [4.78, 5) is 31.0. The first kappa shape index (κ1) is 19.0. The van der Waals surface area contributed by atoms with Crippen LogP contribution in [-0.4, -0.2) is 35.6 Å². The summed E-state index contributed by atoms with van der Waals surface area (Å²) < 4.78 is 12.2. The summed E-state index contributed by atoms with van der Waals surface area (Å²) in [7, 11) is 0. The standard InChI is InChI=1S/C21H23N3O5/c1-3-15-9-16(29-23-15)10-22-20(25)19-13(2)6-7-24(21(19)26)11-14-4-5-17-18(8-14)28-12-27-17/h4-8,16H,3,9-12H2,1-2H3,(H,22,25). The molecule has 0 saturated carbocycles. The minimum Gasteiger partial charge on any atom is -0.454 e. The number of nitrogens with one attached hydrogen (secondary N) is 1. The fraction of sp³-hybridized carbons (Fsp3) is 0.381. The summed E-state index contributed by atoms with van der Waals surface area (Å²) in [5.41, 5.74) is 2.30. The van der Waals surface area contributed by atoms with Gasteiger partial charge < -0.3 is 24.2 Å². The van der Waals surface area contributed by atoms with Crippen molar-refractivity contribution in [2.45, 2.75) is 39.3 Å². The van der Waals surface area contributed by atoms with E-state index in [2.05, 4.69) is 10.5 Å². The lowest BCUT2D eigenvalue weighted by atomic mass is 10.1. The minimum absolute atomic E-state index is 0.142. The Labute approximate surface area is 168 Å². The van der Waals surface area contributed by atoms with E-state index < -0.39 is 5.91 Å². The number of nitrogens with zero attached hydrogens (tertiary/aromatic N) is 2. The van der Waals surface area contributed by atoms with Crippen LogP contribution in [0.2, 0.25) is 0 Å². The first-order valence-electron chi connectivity index (χ1n) is 9.63. The van der Waals surface area contributed by atoms with Crippen LogP contribution in [0.5, 0.6) is 11.5 Å². The monoisotopic (exact) mass is 397 g/mol. The molecule has 1 unspecified atom stereocenters. The number of carbonyl (C=O) groups excluding carboxylic acids is 1. The van der Waals surface area contributed by atoms with Gasteiger partial charge in [-0.25, -0.2) is 0 Å². The molecule has 1 amide bonds. The van der Waals surface area contributed by atoms with Crippen LogP contribution in [0.4, 0.5) is 0 Å². The van der Waals surface area contributed by atoms with Crippen molar-refractivity contribution in [2.24, 2.45) is 5.16 Å². The fourth-order valence-corrected chi connectivity index (χ4v) is 3.40. The zero-order valence-electron chi connectivity index (χ0n) is 16.4. The normalized spacial score (nSPS) is 17.0. The van der Waals surface area contributed by atoms with E-state index in [4.69, 9.17) is 14.3 Å². The number of fused-ring (bicyclic) bond motifs is 1. The fourth-order valence-electron chi connectivity index (χ4n) is 3.40. The molecule has 2 aliphatic rings. The van der Waals surface area contributed by atoms with Gasteiger partial charge in [0.15, 0.2) is 11.5 Å². The maximum Gasteiger partial charge on any atom is 0.263 e. The number of benzene rings is 1. The van der Waals surface area contributed by atoms with Gasteiger partial charge in [0.1, 0.15) is 11.7 Å². The molecule has 1 aromatic carbocycles. The van der Waals surface area contributed by atoms with Gasteiger partial charge in [-0.15, -0.1) is 0 Å². The van der Waals surface area contributed by atoms with Crippen molar-refractivity contribution in [1.29, 1.82) is 0 Å². The number of pyridine rings is 1. The molecule has 8 nitrogen and oxygen atoms in total. The SMILES string of the molecule is CCC1=NOC(CNC(=O)c2c(C)ccn(Cc3ccc4c(c3)OCO4)c2=O)C1. The van der Waals surface area contributed by atoms with Crippen molar-refractivity contribution in [1.82, 2.24) is 9.88 Å². The summed E-state index contributed by atoms with van der Waals surface area (Å²) in [6.07, 6.45) is 3.03. The van der Waals surface area contributed by atoms with Gasteiger partial charge >= 0.3 is 0 Å². The predicted molar refractivity (Wildman–Crippen MR) is 107 cm³/mol. The van der Waals surface area contributed by atoms with Gasteiger partial charge in [-0.1, -0.05) is 18.1 Å². The molecule has 1 N–H and O–H groups in total. The van der Waals surface area contributed by atoms with E-state index >= 15 is 0 Å². The molecule has 152 valence electrons. The Kier molecular flexibility index (Phi) is 5.24. The van der Waals surface area contributed by atoms with Crippen molar-refractivity contribution < 1.29 is 19.1 Å². The number of rotatable bonds is 6. The molecule has 0 saturated heterocycles. The zero-order chi connectivity index (χ0) is 20.4. The maximum absolute atomic E-state index is 13.0. The molecule has 0 bridgehead atoms. The second-order valence-electron chi connectivity index (χ2n) is 7.15. The Morgan fingerprint density at radius 2 is 2.10 bits per heavy atom. The van der Waals surface area contributed by atoms with Gasteiger partial charge in [0, 0.05) is 12.6 Å². The van der Waals surface area contributed by atoms with E-state index in [-0.39, 0.29) is 24.0 Å². The van der Waals surface area contributed by atoms with E-state index in [0.29, 0.717) is 36.6 Å². The highest BCUT2D eigenvalue weighted by molar-refractivity contribution is 5.95. The summed E-state index contributed by atoms with van der Waals surface area (Å²) in [6, 6.07) is 7.31. The lowest BCUT2D eigenvalue weighted by molar-refractivity contribution is 0.0752. The van der Waals surface area contributed by atoms with Crippen LogP contribution in [-0.2, 0) is 11.4 Å². The van der Waals surface area contributed by atoms with Crippen LogP contribution < -0.4 is 20.3 Å². The highest BCUT2D eigenvalue weighted by Gasteiger charge is 2.22. The third-order valence-corrected chi connectivity index (χ3v) is 5.08. The summed E-state index contributed by atoms with van der Waals surface area (Å²) in [6.45, 7) is 4.60. The van der Waals surface area contributed by atoms with Gasteiger partial charge in [0.25, 0.3) is 11.5 Å². The molecule has 2 aromatic rings. The van der Waals surface area contributed by atoms with Crippen molar-refractivity contribution in [3.8, 4) is 11.5 Å². The first-order chi connectivity index (χ1) is 14.0. The van der Waals surface area contributed by atoms with E-state index in [1.807, 2.05) is 25.1 Å². The van der Waals surface area contributed by atoms with Gasteiger partial charge in [0.2, 0.25) is 6.79 Å². The van der Waals surface area contributed by atoms with Crippen LogP contribution in [0.1, 0.15) is 41.3 Å². The number of hydrogen-bond donors (Lipinski definition) is 1. The van der Waals surface area contributed by atoms with E-state index in [1.165, 1.54) is 4.57 Å². The first-order valence-corrected chi connectivity index (χ1v) is 9.63. The lowest BCUT2D eigenvalue weighted by Gasteiger charge is -2.13. The average molecular weight is 397 g/mol. The zero-order valence-corrected chi connectivity index (χ0v) is 16.4. The predicted octanol–water partition coefficient (Wildman–Crippen LogP) is 2.22. The molecule has 0 radical (unpaired) electrons. The quantitative estimate of drug-likeness (QED) is 0.807. The number of hydrogen-bond acceptors (Lipinski definition) is 6. The molecule has 0 fully saturated rings.